The molecule has 0 saturated carbocycles. The summed E-state index contributed by atoms with van der Waals surface area (Å²) in [5.74, 6) is -2.02. The van der Waals surface area contributed by atoms with E-state index in [0.29, 0.717) is 17.2 Å². The molecule has 3 aromatic rings. The maximum absolute atomic E-state index is 12.5. The molecule has 0 spiro atoms. The minimum Gasteiger partial charge on any atom is -0.452 e. The number of hydrogen-bond donors (Lipinski definition) is 2. The number of primary amides is 1. The molecule has 3 N–H and O–H groups in total. The highest BCUT2D eigenvalue weighted by Gasteiger charge is 2.23. The van der Waals surface area contributed by atoms with Crippen molar-refractivity contribution in [2.75, 3.05) is 11.9 Å². The second-order valence-corrected chi connectivity index (χ2v) is 7.82. The molecule has 3 rings (SSSR count). The van der Waals surface area contributed by atoms with Gasteiger partial charge >= 0.3 is 5.97 Å². The van der Waals surface area contributed by atoms with Crippen molar-refractivity contribution in [2.24, 2.45) is 5.73 Å². The van der Waals surface area contributed by atoms with E-state index in [4.69, 9.17) is 22.1 Å². The van der Waals surface area contributed by atoms with Gasteiger partial charge < -0.3 is 15.8 Å². The van der Waals surface area contributed by atoms with Crippen LogP contribution in [0.15, 0.2) is 35.7 Å². The minimum absolute atomic E-state index is 0.102. The summed E-state index contributed by atoms with van der Waals surface area (Å²) in [6.45, 7) is 3.47. The number of anilines is 1. The van der Waals surface area contributed by atoms with Crippen LogP contribution in [0.5, 0.6) is 0 Å². The van der Waals surface area contributed by atoms with Crippen molar-refractivity contribution in [1.29, 1.82) is 0 Å². The van der Waals surface area contributed by atoms with Crippen LogP contribution in [0.3, 0.4) is 0 Å². The molecule has 10 heteroatoms. The number of aryl methyl sites for hydroxylation is 2. The van der Waals surface area contributed by atoms with E-state index in [-0.39, 0.29) is 16.3 Å². The van der Waals surface area contributed by atoms with E-state index in [0.717, 1.165) is 22.5 Å². The molecule has 0 aliphatic rings. The predicted octanol–water partition coefficient (Wildman–Crippen LogP) is 3.16. The molecule has 30 heavy (non-hydrogen) atoms. The fourth-order valence-electron chi connectivity index (χ4n) is 2.72. The lowest BCUT2D eigenvalue weighted by molar-refractivity contribution is -0.119. The molecule has 0 bridgehead atoms. The predicted molar refractivity (Wildman–Crippen MR) is 114 cm³/mol. The number of thiophene rings is 1. The maximum Gasteiger partial charge on any atom is 0.343 e. The molecule has 2 aromatic heterocycles. The second kappa shape index (κ2) is 9.10. The molecule has 0 saturated heterocycles. The monoisotopic (exact) mass is 446 g/mol. The number of halogens is 1. The second-order valence-electron chi connectivity index (χ2n) is 6.55. The Bertz CT molecular complexity index is 1100. The number of benzene rings is 1. The lowest BCUT2D eigenvalue weighted by Crippen LogP contribution is -2.22. The van der Waals surface area contributed by atoms with E-state index >= 15 is 0 Å². The largest absolute Gasteiger partial charge is 0.452 e. The Hall–Kier alpha value is -3.17. The number of nitrogens with zero attached hydrogens (tertiary/aromatic N) is 2. The molecule has 1 aromatic carbocycles. The molecule has 8 nitrogen and oxygen atoms in total. The number of aromatic nitrogens is 2. The average molecular weight is 447 g/mol. The zero-order valence-electron chi connectivity index (χ0n) is 16.3. The number of rotatable bonds is 7. The Morgan fingerprint density at radius 2 is 1.90 bits per heavy atom. The van der Waals surface area contributed by atoms with Gasteiger partial charge in [0.05, 0.1) is 17.8 Å². The van der Waals surface area contributed by atoms with Gasteiger partial charge in [-0.1, -0.05) is 41.4 Å². The van der Waals surface area contributed by atoms with Gasteiger partial charge in [-0.05, 0) is 30.9 Å². The van der Waals surface area contributed by atoms with Crippen LogP contribution in [0.4, 0.5) is 5.00 Å². The van der Waals surface area contributed by atoms with Crippen molar-refractivity contribution in [3.05, 3.63) is 68.8 Å². The highest BCUT2D eigenvalue weighted by Crippen LogP contribution is 2.24. The van der Waals surface area contributed by atoms with Crippen LogP contribution >= 0.6 is 22.9 Å². The summed E-state index contributed by atoms with van der Waals surface area (Å²) in [6.07, 6.45) is 0. The standard InChI is InChI=1S/C20H19ClN4O4S/c1-11-3-5-13(6-4-11)9-25-17(21)16(12(2)24-25)20(28)29-10-15(26)23-19-14(18(22)27)7-8-30-19/h3-8H,9-10H2,1-2H3,(H2,22,27)(H,23,26). The molecule has 156 valence electrons. The first kappa shape index (κ1) is 21.5. The molecule has 0 radical (unpaired) electrons. The van der Waals surface area contributed by atoms with Crippen molar-refractivity contribution in [1.82, 2.24) is 9.78 Å². The van der Waals surface area contributed by atoms with Gasteiger partial charge in [0.1, 0.15) is 15.7 Å². The van der Waals surface area contributed by atoms with Gasteiger partial charge in [0.15, 0.2) is 6.61 Å². The number of hydrogen-bond acceptors (Lipinski definition) is 6. The molecular formula is C20H19ClN4O4S. The number of ether oxygens (including phenoxy) is 1. The Labute approximate surface area is 181 Å². The number of amides is 2. The Morgan fingerprint density at radius 1 is 1.20 bits per heavy atom. The SMILES string of the molecule is Cc1ccc(Cn2nc(C)c(C(=O)OCC(=O)Nc3sccc3C(N)=O)c2Cl)cc1. The number of carbonyl (C=O) groups excluding carboxylic acids is 3. The van der Waals surface area contributed by atoms with Crippen LogP contribution in [0, 0.1) is 13.8 Å². The van der Waals surface area contributed by atoms with Gasteiger partial charge in [-0.15, -0.1) is 11.3 Å². The molecule has 0 unspecified atom stereocenters. The van der Waals surface area contributed by atoms with Crippen LogP contribution in [0.25, 0.3) is 0 Å². The third kappa shape index (κ3) is 4.87. The first-order valence-corrected chi connectivity index (χ1v) is 10.1. The fraction of sp³-hybridized carbons (Fsp3) is 0.200. The highest BCUT2D eigenvalue weighted by atomic mass is 35.5. The van der Waals surface area contributed by atoms with Gasteiger partial charge in [-0.25, -0.2) is 9.48 Å². The highest BCUT2D eigenvalue weighted by molar-refractivity contribution is 7.14. The van der Waals surface area contributed by atoms with Crippen LogP contribution < -0.4 is 11.1 Å². The molecule has 2 heterocycles. The molecule has 0 aliphatic heterocycles. The fourth-order valence-corrected chi connectivity index (χ4v) is 3.84. The van der Waals surface area contributed by atoms with Gasteiger partial charge in [0.25, 0.3) is 11.8 Å². The summed E-state index contributed by atoms with van der Waals surface area (Å²) >= 11 is 7.48. The summed E-state index contributed by atoms with van der Waals surface area (Å²) in [5.41, 5.74) is 8.04. The third-order valence-corrected chi connectivity index (χ3v) is 5.45. The Kier molecular flexibility index (Phi) is 6.53. The number of esters is 1. The van der Waals surface area contributed by atoms with Crippen molar-refractivity contribution >= 4 is 45.7 Å². The molecular weight excluding hydrogens is 428 g/mol. The van der Waals surface area contributed by atoms with Gasteiger partial charge in [0.2, 0.25) is 0 Å². The summed E-state index contributed by atoms with van der Waals surface area (Å²) in [5, 5.41) is 8.85. The Balaban J connectivity index is 1.64. The molecule has 2 amide bonds. The van der Waals surface area contributed by atoms with Crippen molar-refractivity contribution in [3.8, 4) is 0 Å². The first-order chi connectivity index (χ1) is 14.3. The lowest BCUT2D eigenvalue weighted by atomic mass is 10.1. The van der Waals surface area contributed by atoms with Crippen LogP contribution in [0.2, 0.25) is 5.15 Å². The van der Waals surface area contributed by atoms with E-state index in [1.807, 2.05) is 31.2 Å². The number of nitrogens with two attached hydrogens (primary N) is 1. The molecule has 0 atom stereocenters. The van der Waals surface area contributed by atoms with E-state index in [2.05, 4.69) is 10.4 Å². The smallest absolute Gasteiger partial charge is 0.343 e. The van der Waals surface area contributed by atoms with Gasteiger partial charge in [-0.2, -0.15) is 5.10 Å². The lowest BCUT2D eigenvalue weighted by Gasteiger charge is -2.07. The molecule has 0 fully saturated rings. The van der Waals surface area contributed by atoms with Crippen molar-refractivity contribution in [3.63, 3.8) is 0 Å². The van der Waals surface area contributed by atoms with Crippen LogP contribution in [-0.2, 0) is 16.1 Å². The number of nitrogens with one attached hydrogen (secondary N) is 1. The van der Waals surface area contributed by atoms with Gasteiger partial charge in [0, 0.05) is 0 Å². The van der Waals surface area contributed by atoms with E-state index < -0.39 is 24.4 Å². The quantitative estimate of drug-likeness (QED) is 0.541. The van der Waals surface area contributed by atoms with E-state index in [1.54, 1.807) is 12.3 Å². The summed E-state index contributed by atoms with van der Waals surface area (Å²) < 4.78 is 6.58. The summed E-state index contributed by atoms with van der Waals surface area (Å²) in [7, 11) is 0. The van der Waals surface area contributed by atoms with Crippen molar-refractivity contribution < 1.29 is 19.1 Å². The normalized spacial score (nSPS) is 10.6. The maximum atomic E-state index is 12.5. The van der Waals surface area contributed by atoms with E-state index in [1.165, 1.54) is 10.7 Å². The Morgan fingerprint density at radius 3 is 2.57 bits per heavy atom. The zero-order chi connectivity index (χ0) is 21.8. The summed E-state index contributed by atoms with van der Waals surface area (Å²) in [6, 6.07) is 9.36. The third-order valence-electron chi connectivity index (χ3n) is 4.24. The van der Waals surface area contributed by atoms with E-state index in [9.17, 15) is 14.4 Å². The van der Waals surface area contributed by atoms with Crippen molar-refractivity contribution in [2.45, 2.75) is 20.4 Å². The topological polar surface area (TPSA) is 116 Å². The van der Waals surface area contributed by atoms with Gasteiger partial charge in [-0.3, -0.25) is 9.59 Å². The summed E-state index contributed by atoms with van der Waals surface area (Å²) in [4.78, 5) is 35.9. The number of carbonyl (C=O) groups is 3. The first-order valence-electron chi connectivity index (χ1n) is 8.89. The molecule has 0 aliphatic carbocycles. The zero-order valence-corrected chi connectivity index (χ0v) is 17.8. The minimum atomic E-state index is -0.760. The average Bonchev–Trinajstić information content (AvgIpc) is 3.26. The van der Waals surface area contributed by atoms with Crippen LogP contribution in [-0.4, -0.2) is 34.2 Å². The van der Waals surface area contributed by atoms with Crippen LogP contribution in [0.1, 0.15) is 37.5 Å².